The highest BCUT2D eigenvalue weighted by atomic mass is 32.1. The average molecular weight is 480 g/mol. The molecule has 0 spiro atoms. The summed E-state index contributed by atoms with van der Waals surface area (Å²) in [5, 5.41) is 9.90. The monoisotopic (exact) mass is 479 g/mol. The van der Waals surface area contributed by atoms with E-state index < -0.39 is 23.8 Å². The summed E-state index contributed by atoms with van der Waals surface area (Å²) in [5.41, 5.74) is 2.43. The fraction of sp³-hybridized carbons (Fsp3) is 0.333. The van der Waals surface area contributed by atoms with Crippen LogP contribution in [0.1, 0.15) is 34.2 Å². The smallest absolute Gasteiger partial charge is 0.416 e. The lowest BCUT2D eigenvalue weighted by atomic mass is 10.0. The van der Waals surface area contributed by atoms with Gasteiger partial charge in [0.25, 0.3) is 0 Å². The Bertz CT molecular complexity index is 1110. The van der Waals surface area contributed by atoms with E-state index in [-0.39, 0.29) is 13.0 Å². The fourth-order valence-electron chi connectivity index (χ4n) is 3.24. The van der Waals surface area contributed by atoms with Crippen LogP contribution in [0.5, 0.6) is 5.75 Å². The zero-order valence-electron chi connectivity index (χ0n) is 18.4. The molecule has 1 atom stereocenters. The van der Waals surface area contributed by atoms with Crippen LogP contribution in [0, 0.1) is 13.8 Å². The van der Waals surface area contributed by atoms with Crippen molar-refractivity contribution in [3.63, 3.8) is 0 Å². The number of aliphatic carboxylic acids is 1. The highest BCUT2D eigenvalue weighted by Crippen LogP contribution is 2.33. The summed E-state index contributed by atoms with van der Waals surface area (Å²) in [7, 11) is 0. The van der Waals surface area contributed by atoms with Crippen molar-refractivity contribution in [1.82, 2.24) is 4.98 Å². The van der Waals surface area contributed by atoms with Crippen LogP contribution < -0.4 is 4.74 Å². The number of halogens is 3. The highest BCUT2D eigenvalue weighted by molar-refractivity contribution is 7.15. The van der Waals surface area contributed by atoms with Gasteiger partial charge in [-0.15, -0.1) is 11.3 Å². The molecule has 5 nitrogen and oxygen atoms in total. The van der Waals surface area contributed by atoms with Gasteiger partial charge in [0, 0.05) is 18.6 Å². The summed E-state index contributed by atoms with van der Waals surface area (Å²) in [6.45, 7) is 6.05. The number of rotatable bonds is 9. The van der Waals surface area contributed by atoms with Crippen molar-refractivity contribution >= 4 is 17.3 Å². The Morgan fingerprint density at radius 3 is 2.42 bits per heavy atom. The number of carboxylic acid groups (broad SMARTS) is 1. The third-order valence-electron chi connectivity index (χ3n) is 5.08. The Balaban J connectivity index is 1.67. The lowest BCUT2D eigenvalue weighted by molar-refractivity contribution is -0.150. The minimum absolute atomic E-state index is 0.264. The third kappa shape index (κ3) is 6.33. The summed E-state index contributed by atoms with van der Waals surface area (Å²) < 4.78 is 49.5. The Morgan fingerprint density at radius 1 is 1.15 bits per heavy atom. The Morgan fingerprint density at radius 2 is 1.85 bits per heavy atom. The second-order valence-corrected chi connectivity index (χ2v) is 8.55. The van der Waals surface area contributed by atoms with Gasteiger partial charge < -0.3 is 14.6 Å². The average Bonchev–Trinajstić information content (AvgIpc) is 3.13. The number of thiazole rings is 1. The van der Waals surface area contributed by atoms with Crippen LogP contribution >= 0.6 is 11.3 Å². The first-order chi connectivity index (χ1) is 15.6. The molecule has 0 aliphatic rings. The molecule has 0 fully saturated rings. The van der Waals surface area contributed by atoms with Crippen molar-refractivity contribution in [3.8, 4) is 16.3 Å². The second kappa shape index (κ2) is 10.4. The summed E-state index contributed by atoms with van der Waals surface area (Å²) in [5.74, 6) is -0.371. The Kier molecular flexibility index (Phi) is 7.76. The van der Waals surface area contributed by atoms with E-state index in [0.29, 0.717) is 22.9 Å². The molecule has 0 aliphatic heterocycles. The number of hydrogen-bond donors (Lipinski definition) is 1. The predicted octanol–water partition coefficient (Wildman–Crippen LogP) is 6.06. The van der Waals surface area contributed by atoms with E-state index >= 15 is 0 Å². The molecule has 9 heteroatoms. The zero-order valence-corrected chi connectivity index (χ0v) is 19.2. The second-order valence-electron chi connectivity index (χ2n) is 7.47. The Labute approximate surface area is 193 Å². The molecule has 0 saturated carbocycles. The standard InChI is InChI=1S/C24H24F3NO4S/c1-4-31-20(23(29)30)12-17-7-10-19(11-14(17)2)32-13-21-15(3)28-22(33-21)16-5-8-18(9-6-16)24(25,26)27/h5-11,20H,4,12-13H2,1-3H3,(H,29,30). The lowest BCUT2D eigenvalue weighted by Crippen LogP contribution is -2.26. The molecule has 1 aromatic heterocycles. The molecule has 1 heterocycles. The molecule has 0 amide bonds. The van der Waals surface area contributed by atoms with Crippen LogP contribution in [-0.4, -0.2) is 28.8 Å². The quantitative estimate of drug-likeness (QED) is 0.404. The number of alkyl halides is 3. The number of nitrogens with zero attached hydrogens (tertiary/aromatic N) is 1. The first-order valence-electron chi connectivity index (χ1n) is 10.3. The van der Waals surface area contributed by atoms with Gasteiger partial charge in [-0.3, -0.25) is 0 Å². The largest absolute Gasteiger partial charge is 0.488 e. The van der Waals surface area contributed by atoms with Crippen LogP contribution in [0.25, 0.3) is 10.6 Å². The number of carbonyl (C=O) groups is 1. The maximum absolute atomic E-state index is 12.8. The SMILES string of the molecule is CCOC(Cc1ccc(OCc2sc(-c3ccc(C(F)(F)F)cc3)nc2C)cc1C)C(=O)O. The van der Waals surface area contributed by atoms with Gasteiger partial charge in [-0.1, -0.05) is 18.2 Å². The summed E-state index contributed by atoms with van der Waals surface area (Å²) in [4.78, 5) is 16.7. The summed E-state index contributed by atoms with van der Waals surface area (Å²) in [6, 6.07) is 10.4. The van der Waals surface area contributed by atoms with E-state index in [2.05, 4.69) is 4.98 Å². The fourth-order valence-corrected chi connectivity index (χ4v) is 4.22. The maximum atomic E-state index is 12.8. The normalized spacial score (nSPS) is 12.5. The molecular formula is C24H24F3NO4S. The molecule has 33 heavy (non-hydrogen) atoms. The molecule has 0 aliphatic carbocycles. The van der Waals surface area contributed by atoms with Gasteiger partial charge >= 0.3 is 12.1 Å². The van der Waals surface area contributed by atoms with Crippen molar-refractivity contribution in [2.24, 2.45) is 0 Å². The Hall–Kier alpha value is -2.91. The maximum Gasteiger partial charge on any atom is 0.416 e. The number of aryl methyl sites for hydroxylation is 2. The van der Waals surface area contributed by atoms with Crippen molar-refractivity contribution in [2.45, 2.75) is 46.1 Å². The molecule has 0 bridgehead atoms. The number of hydrogen-bond acceptors (Lipinski definition) is 5. The third-order valence-corrected chi connectivity index (χ3v) is 6.26. The van der Waals surface area contributed by atoms with E-state index in [4.69, 9.17) is 9.47 Å². The van der Waals surface area contributed by atoms with E-state index in [1.54, 1.807) is 13.0 Å². The topological polar surface area (TPSA) is 68.7 Å². The summed E-state index contributed by atoms with van der Waals surface area (Å²) >= 11 is 1.37. The summed E-state index contributed by atoms with van der Waals surface area (Å²) in [6.07, 6.45) is -5.01. The molecule has 176 valence electrons. The van der Waals surface area contributed by atoms with Gasteiger partial charge in [0.05, 0.1) is 16.1 Å². The van der Waals surface area contributed by atoms with Gasteiger partial charge in [-0.25, -0.2) is 9.78 Å². The molecule has 0 saturated heterocycles. The van der Waals surface area contributed by atoms with Crippen molar-refractivity contribution < 1.29 is 32.5 Å². The molecule has 3 rings (SSSR count). The van der Waals surface area contributed by atoms with Gasteiger partial charge in [0.15, 0.2) is 6.10 Å². The van der Waals surface area contributed by atoms with E-state index in [0.717, 1.165) is 33.8 Å². The number of aromatic nitrogens is 1. The minimum atomic E-state index is -4.37. The first kappa shape index (κ1) is 24.7. The van der Waals surface area contributed by atoms with E-state index in [9.17, 15) is 23.1 Å². The van der Waals surface area contributed by atoms with Crippen molar-refractivity contribution in [1.29, 1.82) is 0 Å². The van der Waals surface area contributed by atoms with Gasteiger partial charge in [0.1, 0.15) is 17.4 Å². The number of carboxylic acids is 1. The van der Waals surface area contributed by atoms with Crippen molar-refractivity contribution in [2.75, 3.05) is 6.61 Å². The van der Waals surface area contributed by atoms with Crippen LogP contribution in [0.2, 0.25) is 0 Å². The van der Waals surface area contributed by atoms with E-state index in [1.807, 2.05) is 26.0 Å². The molecule has 0 radical (unpaired) electrons. The zero-order chi connectivity index (χ0) is 24.2. The number of ether oxygens (including phenoxy) is 2. The van der Waals surface area contributed by atoms with Crippen LogP contribution in [0.15, 0.2) is 42.5 Å². The molecule has 2 aromatic carbocycles. The molecule has 1 N–H and O–H groups in total. The minimum Gasteiger partial charge on any atom is -0.488 e. The van der Waals surface area contributed by atoms with E-state index in [1.165, 1.54) is 23.5 Å². The lowest BCUT2D eigenvalue weighted by Gasteiger charge is -2.15. The predicted molar refractivity (Wildman–Crippen MR) is 120 cm³/mol. The van der Waals surface area contributed by atoms with Crippen LogP contribution in [0.4, 0.5) is 13.2 Å². The first-order valence-corrected chi connectivity index (χ1v) is 11.1. The molecule has 3 aromatic rings. The van der Waals surface area contributed by atoms with Crippen LogP contribution in [-0.2, 0) is 28.7 Å². The van der Waals surface area contributed by atoms with Gasteiger partial charge in [-0.2, -0.15) is 13.2 Å². The van der Waals surface area contributed by atoms with Crippen LogP contribution in [0.3, 0.4) is 0 Å². The van der Waals surface area contributed by atoms with Gasteiger partial charge in [-0.05, 0) is 56.2 Å². The van der Waals surface area contributed by atoms with Gasteiger partial charge in [0.2, 0.25) is 0 Å². The van der Waals surface area contributed by atoms with Crippen molar-refractivity contribution in [3.05, 3.63) is 69.7 Å². The highest BCUT2D eigenvalue weighted by Gasteiger charge is 2.30. The molecular weight excluding hydrogens is 455 g/mol. The number of benzene rings is 2. The molecule has 1 unspecified atom stereocenters.